The van der Waals surface area contributed by atoms with E-state index in [1.807, 2.05) is 0 Å². The lowest BCUT2D eigenvalue weighted by Gasteiger charge is -2.42. The van der Waals surface area contributed by atoms with Crippen molar-refractivity contribution in [1.82, 2.24) is 4.90 Å². The first-order valence-corrected chi connectivity index (χ1v) is 7.70. The average Bonchev–Trinajstić information content (AvgIpc) is 2.37. The Morgan fingerprint density at radius 2 is 1.71 bits per heavy atom. The van der Waals surface area contributed by atoms with E-state index < -0.39 is 0 Å². The molecule has 2 heteroatoms. The monoisotopic (exact) mass is 240 g/mol. The molecule has 0 aliphatic heterocycles. The summed E-state index contributed by atoms with van der Waals surface area (Å²) < 4.78 is 0. The molecule has 0 spiro atoms. The summed E-state index contributed by atoms with van der Waals surface area (Å²) in [7, 11) is 0. The second-order valence-corrected chi connectivity index (χ2v) is 5.69. The van der Waals surface area contributed by atoms with Crippen molar-refractivity contribution in [3.05, 3.63) is 0 Å². The molecule has 2 N–H and O–H groups in total. The van der Waals surface area contributed by atoms with Crippen molar-refractivity contribution in [1.29, 1.82) is 0 Å². The predicted molar refractivity (Wildman–Crippen MR) is 76.1 cm³/mol. The average molecular weight is 240 g/mol. The fourth-order valence-corrected chi connectivity index (χ4v) is 3.40. The molecule has 1 saturated carbocycles. The Hall–Kier alpha value is -0.0800. The summed E-state index contributed by atoms with van der Waals surface area (Å²) in [5.41, 5.74) is 5.98. The Morgan fingerprint density at radius 3 is 2.18 bits per heavy atom. The minimum absolute atomic E-state index is 0.746. The highest BCUT2D eigenvalue weighted by Gasteiger charge is 2.32. The Kier molecular flexibility index (Phi) is 7.14. The molecule has 0 aromatic carbocycles. The second kappa shape index (κ2) is 8.10. The Morgan fingerprint density at radius 1 is 1.06 bits per heavy atom. The summed E-state index contributed by atoms with van der Waals surface area (Å²) in [5, 5.41) is 0. The lowest BCUT2D eigenvalue weighted by atomic mass is 9.76. The van der Waals surface area contributed by atoms with E-state index in [1.54, 1.807) is 0 Å². The van der Waals surface area contributed by atoms with Gasteiger partial charge in [-0.05, 0) is 57.2 Å². The standard InChI is InChI=1S/C15H32N2/c1-4-9-17(10-5-2)15-11-13(6-3)7-8-14(15)12-16/h13-15H,4-12,16H2,1-3H3. The van der Waals surface area contributed by atoms with Gasteiger partial charge in [-0.1, -0.05) is 33.6 Å². The molecule has 0 aromatic heterocycles. The van der Waals surface area contributed by atoms with Gasteiger partial charge in [0.2, 0.25) is 0 Å². The minimum atomic E-state index is 0.746. The zero-order valence-corrected chi connectivity index (χ0v) is 12.1. The van der Waals surface area contributed by atoms with Gasteiger partial charge in [0.05, 0.1) is 0 Å². The highest BCUT2D eigenvalue weighted by molar-refractivity contribution is 4.87. The van der Waals surface area contributed by atoms with Crippen LogP contribution in [0.15, 0.2) is 0 Å². The van der Waals surface area contributed by atoms with E-state index in [1.165, 1.54) is 51.6 Å². The maximum Gasteiger partial charge on any atom is 0.0138 e. The highest BCUT2D eigenvalue weighted by Crippen LogP contribution is 2.33. The van der Waals surface area contributed by atoms with Crippen LogP contribution in [-0.4, -0.2) is 30.6 Å². The van der Waals surface area contributed by atoms with Crippen LogP contribution < -0.4 is 5.73 Å². The summed E-state index contributed by atoms with van der Waals surface area (Å²) in [6, 6.07) is 0.763. The van der Waals surface area contributed by atoms with Crippen LogP contribution in [-0.2, 0) is 0 Å². The van der Waals surface area contributed by atoms with Crippen LogP contribution in [0.3, 0.4) is 0 Å². The van der Waals surface area contributed by atoms with Gasteiger partial charge in [-0.25, -0.2) is 0 Å². The zero-order valence-electron chi connectivity index (χ0n) is 12.1. The number of rotatable bonds is 7. The highest BCUT2D eigenvalue weighted by atomic mass is 15.2. The SMILES string of the molecule is CCCN(CCC)C1CC(CC)CCC1CN. The van der Waals surface area contributed by atoms with Crippen LogP contribution in [0.4, 0.5) is 0 Å². The van der Waals surface area contributed by atoms with Gasteiger partial charge in [0.25, 0.3) is 0 Å². The quantitative estimate of drug-likeness (QED) is 0.740. The fourth-order valence-electron chi connectivity index (χ4n) is 3.40. The molecule has 102 valence electrons. The first-order chi connectivity index (χ1) is 8.26. The van der Waals surface area contributed by atoms with Crippen LogP contribution in [0.2, 0.25) is 0 Å². The molecule has 17 heavy (non-hydrogen) atoms. The number of hydrogen-bond donors (Lipinski definition) is 1. The zero-order chi connectivity index (χ0) is 12.7. The van der Waals surface area contributed by atoms with E-state index in [-0.39, 0.29) is 0 Å². The van der Waals surface area contributed by atoms with Crippen LogP contribution in [0, 0.1) is 11.8 Å². The molecule has 1 aliphatic rings. The molecule has 0 radical (unpaired) electrons. The van der Waals surface area contributed by atoms with Crippen molar-refractivity contribution in [3.63, 3.8) is 0 Å². The van der Waals surface area contributed by atoms with Gasteiger partial charge in [-0.2, -0.15) is 0 Å². The third-order valence-electron chi connectivity index (χ3n) is 4.44. The third-order valence-corrected chi connectivity index (χ3v) is 4.44. The lowest BCUT2D eigenvalue weighted by molar-refractivity contribution is 0.0802. The van der Waals surface area contributed by atoms with Gasteiger partial charge >= 0.3 is 0 Å². The normalized spacial score (nSPS) is 29.8. The topological polar surface area (TPSA) is 29.3 Å². The molecule has 1 rings (SSSR count). The van der Waals surface area contributed by atoms with Crippen LogP contribution >= 0.6 is 0 Å². The first kappa shape index (κ1) is 15.0. The van der Waals surface area contributed by atoms with Crippen LogP contribution in [0.1, 0.15) is 59.3 Å². The van der Waals surface area contributed by atoms with E-state index in [2.05, 4.69) is 25.7 Å². The maximum absolute atomic E-state index is 5.98. The Labute approximate surface area is 108 Å². The van der Waals surface area contributed by atoms with E-state index >= 15 is 0 Å². The molecule has 0 amide bonds. The molecule has 0 saturated heterocycles. The summed E-state index contributed by atoms with van der Waals surface area (Å²) in [4.78, 5) is 2.72. The third kappa shape index (κ3) is 4.26. The largest absolute Gasteiger partial charge is 0.330 e. The van der Waals surface area contributed by atoms with E-state index in [0.29, 0.717) is 0 Å². The van der Waals surface area contributed by atoms with Crippen molar-refractivity contribution < 1.29 is 0 Å². The molecule has 3 atom stereocenters. The number of nitrogens with two attached hydrogens (primary N) is 1. The minimum Gasteiger partial charge on any atom is -0.330 e. The molecule has 0 heterocycles. The maximum atomic E-state index is 5.98. The van der Waals surface area contributed by atoms with Gasteiger partial charge in [-0.15, -0.1) is 0 Å². The van der Waals surface area contributed by atoms with Crippen molar-refractivity contribution >= 4 is 0 Å². The molecular weight excluding hydrogens is 208 g/mol. The Bertz CT molecular complexity index is 187. The van der Waals surface area contributed by atoms with E-state index in [9.17, 15) is 0 Å². The van der Waals surface area contributed by atoms with E-state index in [4.69, 9.17) is 5.73 Å². The van der Waals surface area contributed by atoms with Crippen molar-refractivity contribution in [3.8, 4) is 0 Å². The number of nitrogens with zero attached hydrogens (tertiary/aromatic N) is 1. The summed E-state index contributed by atoms with van der Waals surface area (Å²) in [6.45, 7) is 10.3. The van der Waals surface area contributed by atoms with E-state index in [0.717, 1.165) is 24.4 Å². The summed E-state index contributed by atoms with van der Waals surface area (Å²) in [5.74, 6) is 1.69. The molecule has 0 aromatic rings. The summed E-state index contributed by atoms with van der Waals surface area (Å²) >= 11 is 0. The van der Waals surface area contributed by atoms with Crippen molar-refractivity contribution in [2.24, 2.45) is 17.6 Å². The van der Waals surface area contributed by atoms with Gasteiger partial charge in [0.1, 0.15) is 0 Å². The van der Waals surface area contributed by atoms with Gasteiger partial charge < -0.3 is 10.6 Å². The molecule has 1 fully saturated rings. The Balaban J connectivity index is 2.64. The molecule has 0 bridgehead atoms. The summed E-state index contributed by atoms with van der Waals surface area (Å²) in [6.07, 6.45) is 8.03. The van der Waals surface area contributed by atoms with Crippen LogP contribution in [0.25, 0.3) is 0 Å². The second-order valence-electron chi connectivity index (χ2n) is 5.69. The van der Waals surface area contributed by atoms with Gasteiger partial charge in [0.15, 0.2) is 0 Å². The predicted octanol–water partition coefficient (Wildman–Crippen LogP) is 3.26. The molecular formula is C15H32N2. The van der Waals surface area contributed by atoms with Gasteiger partial charge in [-0.3, -0.25) is 0 Å². The lowest BCUT2D eigenvalue weighted by Crippen LogP contribution is -2.47. The first-order valence-electron chi connectivity index (χ1n) is 7.70. The fraction of sp³-hybridized carbons (Fsp3) is 1.00. The van der Waals surface area contributed by atoms with Crippen LogP contribution in [0.5, 0.6) is 0 Å². The molecule has 3 unspecified atom stereocenters. The van der Waals surface area contributed by atoms with Gasteiger partial charge in [0, 0.05) is 6.04 Å². The smallest absolute Gasteiger partial charge is 0.0138 e. The molecule has 1 aliphatic carbocycles. The molecule has 2 nitrogen and oxygen atoms in total. The van der Waals surface area contributed by atoms with Crippen molar-refractivity contribution in [2.75, 3.05) is 19.6 Å². The van der Waals surface area contributed by atoms with Crippen molar-refractivity contribution in [2.45, 2.75) is 65.3 Å². The number of hydrogen-bond acceptors (Lipinski definition) is 2.